The molecule has 0 radical (unpaired) electrons. The Morgan fingerprint density at radius 3 is 2.54 bits per heavy atom. The van der Waals surface area contributed by atoms with Crippen molar-refractivity contribution in [2.45, 2.75) is 5.92 Å². The van der Waals surface area contributed by atoms with E-state index in [1.165, 1.54) is 12.1 Å². The second-order valence-corrected chi connectivity index (χ2v) is 2.83. The molecule has 1 rings (SSSR count). The van der Waals surface area contributed by atoms with E-state index in [1.54, 1.807) is 0 Å². The zero-order chi connectivity index (χ0) is 10.1. The Morgan fingerprint density at radius 1 is 1.46 bits per heavy atom. The Kier molecular flexibility index (Phi) is 2.52. The number of carboxylic acids is 1. The topological polar surface area (TPSA) is 37.3 Å². The summed E-state index contributed by atoms with van der Waals surface area (Å²) in [5.74, 6) is -6.07. The number of halogens is 3. The maximum Gasteiger partial charge on any atom is 0.379 e. The van der Waals surface area contributed by atoms with Gasteiger partial charge in [-0.2, -0.15) is 8.78 Å². The van der Waals surface area contributed by atoms with Crippen molar-refractivity contribution in [3.63, 3.8) is 0 Å². The first kappa shape index (κ1) is 9.92. The van der Waals surface area contributed by atoms with Gasteiger partial charge in [0, 0.05) is 10.6 Å². The van der Waals surface area contributed by atoms with Crippen LogP contribution < -0.4 is 0 Å². The maximum atomic E-state index is 12.8. The summed E-state index contributed by atoms with van der Waals surface area (Å²) < 4.78 is 25.6. The summed E-state index contributed by atoms with van der Waals surface area (Å²) >= 11 is 5.43. The molecule has 0 unspecified atom stereocenters. The molecular formula is C8H5ClF2O2. The van der Waals surface area contributed by atoms with Crippen molar-refractivity contribution >= 4 is 17.6 Å². The molecule has 0 aliphatic rings. The summed E-state index contributed by atoms with van der Waals surface area (Å²) in [7, 11) is 0. The van der Waals surface area contributed by atoms with E-state index in [1.807, 2.05) is 0 Å². The van der Waals surface area contributed by atoms with Gasteiger partial charge in [-0.05, 0) is 12.1 Å². The van der Waals surface area contributed by atoms with Gasteiger partial charge in [0.1, 0.15) is 0 Å². The van der Waals surface area contributed by atoms with E-state index in [4.69, 9.17) is 16.7 Å². The molecule has 0 fully saturated rings. The minimum absolute atomic E-state index is 0.0819. The summed E-state index contributed by atoms with van der Waals surface area (Å²) in [4.78, 5) is 10.1. The normalized spacial score (nSPS) is 11.3. The molecule has 1 aromatic rings. The van der Waals surface area contributed by atoms with Crippen molar-refractivity contribution in [3.8, 4) is 0 Å². The third kappa shape index (κ3) is 1.95. The zero-order valence-electron chi connectivity index (χ0n) is 6.30. The van der Waals surface area contributed by atoms with Crippen molar-refractivity contribution in [1.82, 2.24) is 0 Å². The van der Waals surface area contributed by atoms with Gasteiger partial charge in [0.2, 0.25) is 0 Å². The summed E-state index contributed by atoms with van der Waals surface area (Å²) in [6.45, 7) is 0. The minimum Gasteiger partial charge on any atom is -0.477 e. The van der Waals surface area contributed by atoms with Crippen LogP contribution in [0.4, 0.5) is 8.78 Å². The van der Waals surface area contributed by atoms with E-state index in [9.17, 15) is 13.6 Å². The van der Waals surface area contributed by atoms with Crippen LogP contribution in [-0.4, -0.2) is 11.1 Å². The summed E-state index contributed by atoms with van der Waals surface area (Å²) in [5, 5.41) is 8.27. The van der Waals surface area contributed by atoms with E-state index in [0.29, 0.717) is 0 Å². The quantitative estimate of drug-likeness (QED) is 0.807. The molecule has 0 saturated heterocycles. The molecule has 0 atom stereocenters. The average molecular weight is 207 g/mol. The fourth-order valence-corrected chi connectivity index (χ4v) is 0.998. The Labute approximate surface area is 77.8 Å². The molecule has 0 bridgehead atoms. The molecule has 13 heavy (non-hydrogen) atoms. The number of alkyl halides is 2. The van der Waals surface area contributed by atoms with Crippen LogP contribution in [-0.2, 0) is 10.7 Å². The SMILES string of the molecule is O=C(O)C(F)(F)c1cccc(Cl)c1. The molecule has 0 aromatic heterocycles. The first-order valence-corrected chi connectivity index (χ1v) is 3.69. The molecule has 1 aromatic carbocycles. The lowest BCUT2D eigenvalue weighted by atomic mass is 10.1. The van der Waals surface area contributed by atoms with Crippen molar-refractivity contribution in [3.05, 3.63) is 34.9 Å². The van der Waals surface area contributed by atoms with Crippen LogP contribution in [0.5, 0.6) is 0 Å². The Bertz CT molecular complexity index is 339. The minimum atomic E-state index is -3.88. The fraction of sp³-hybridized carbons (Fsp3) is 0.125. The highest BCUT2D eigenvalue weighted by molar-refractivity contribution is 6.30. The van der Waals surface area contributed by atoms with E-state index in [-0.39, 0.29) is 5.02 Å². The largest absolute Gasteiger partial charge is 0.477 e. The lowest BCUT2D eigenvalue weighted by Crippen LogP contribution is -2.25. The van der Waals surface area contributed by atoms with Crippen molar-refractivity contribution in [2.75, 3.05) is 0 Å². The molecule has 0 amide bonds. The molecule has 0 heterocycles. The third-order valence-electron chi connectivity index (χ3n) is 1.46. The average Bonchev–Trinajstić information content (AvgIpc) is 2.04. The second kappa shape index (κ2) is 3.30. The van der Waals surface area contributed by atoms with E-state index >= 15 is 0 Å². The number of hydrogen-bond donors (Lipinski definition) is 1. The van der Waals surface area contributed by atoms with Gasteiger partial charge < -0.3 is 5.11 Å². The van der Waals surface area contributed by atoms with Crippen molar-refractivity contribution in [1.29, 1.82) is 0 Å². The predicted octanol–water partition coefficient (Wildman–Crippen LogP) is 2.52. The van der Waals surface area contributed by atoms with Gasteiger partial charge in [-0.15, -0.1) is 0 Å². The molecule has 0 spiro atoms. The van der Waals surface area contributed by atoms with Gasteiger partial charge in [-0.25, -0.2) is 4.79 Å². The molecular weight excluding hydrogens is 202 g/mol. The molecule has 1 N–H and O–H groups in total. The summed E-state index contributed by atoms with van der Waals surface area (Å²) in [6.07, 6.45) is 0. The molecule has 2 nitrogen and oxygen atoms in total. The highest BCUT2D eigenvalue weighted by atomic mass is 35.5. The second-order valence-electron chi connectivity index (χ2n) is 2.39. The monoisotopic (exact) mass is 206 g/mol. The van der Waals surface area contributed by atoms with Gasteiger partial charge in [0.25, 0.3) is 0 Å². The zero-order valence-corrected chi connectivity index (χ0v) is 7.05. The standard InChI is InChI=1S/C8H5ClF2O2/c9-6-3-1-2-5(4-6)8(10,11)7(12)13/h1-4H,(H,12,13). The van der Waals surface area contributed by atoms with Gasteiger partial charge in [0.15, 0.2) is 0 Å². The number of carbonyl (C=O) groups is 1. The Morgan fingerprint density at radius 2 is 2.08 bits per heavy atom. The first-order chi connectivity index (χ1) is 5.94. The van der Waals surface area contributed by atoms with Crippen LogP contribution in [0.3, 0.4) is 0 Å². The molecule has 5 heteroatoms. The lowest BCUT2D eigenvalue weighted by molar-refractivity contribution is -0.166. The van der Waals surface area contributed by atoms with Gasteiger partial charge in [-0.1, -0.05) is 23.7 Å². The van der Waals surface area contributed by atoms with E-state index < -0.39 is 17.5 Å². The van der Waals surface area contributed by atoms with Crippen LogP contribution in [0, 0.1) is 0 Å². The number of aliphatic carboxylic acids is 1. The maximum absolute atomic E-state index is 12.8. The van der Waals surface area contributed by atoms with E-state index in [0.717, 1.165) is 12.1 Å². The third-order valence-corrected chi connectivity index (χ3v) is 1.69. The molecule has 70 valence electrons. The van der Waals surface area contributed by atoms with Crippen molar-refractivity contribution in [2.24, 2.45) is 0 Å². The van der Waals surface area contributed by atoms with Gasteiger partial charge in [-0.3, -0.25) is 0 Å². The predicted molar refractivity (Wildman–Crippen MR) is 43.0 cm³/mol. The Hall–Kier alpha value is -1.16. The van der Waals surface area contributed by atoms with Crippen LogP contribution in [0.2, 0.25) is 5.02 Å². The smallest absolute Gasteiger partial charge is 0.379 e. The summed E-state index contributed by atoms with van der Waals surface area (Å²) in [6, 6.07) is 4.60. The van der Waals surface area contributed by atoms with Crippen LogP contribution >= 0.6 is 11.6 Å². The summed E-state index contributed by atoms with van der Waals surface area (Å²) in [5.41, 5.74) is -0.618. The highest BCUT2D eigenvalue weighted by Gasteiger charge is 2.40. The van der Waals surface area contributed by atoms with Gasteiger partial charge in [0.05, 0.1) is 0 Å². The van der Waals surface area contributed by atoms with E-state index in [2.05, 4.69) is 0 Å². The number of carboxylic acid groups (broad SMARTS) is 1. The number of rotatable bonds is 2. The van der Waals surface area contributed by atoms with Crippen LogP contribution in [0.15, 0.2) is 24.3 Å². The Balaban J connectivity index is 3.14. The lowest BCUT2D eigenvalue weighted by Gasteiger charge is -2.10. The first-order valence-electron chi connectivity index (χ1n) is 3.32. The molecule has 0 aliphatic carbocycles. The molecule has 0 saturated carbocycles. The van der Waals surface area contributed by atoms with Gasteiger partial charge >= 0.3 is 11.9 Å². The molecule has 0 aliphatic heterocycles. The number of hydrogen-bond acceptors (Lipinski definition) is 1. The fourth-order valence-electron chi connectivity index (χ4n) is 0.807. The number of benzene rings is 1. The highest BCUT2D eigenvalue weighted by Crippen LogP contribution is 2.29. The van der Waals surface area contributed by atoms with Crippen LogP contribution in [0.25, 0.3) is 0 Å². The van der Waals surface area contributed by atoms with Crippen molar-refractivity contribution < 1.29 is 18.7 Å². The van der Waals surface area contributed by atoms with Crippen LogP contribution in [0.1, 0.15) is 5.56 Å².